The zero-order chi connectivity index (χ0) is 19.8. The van der Waals surface area contributed by atoms with Crippen molar-refractivity contribution < 1.29 is 14.8 Å². The van der Waals surface area contributed by atoms with Gasteiger partial charge in [0.15, 0.2) is 5.82 Å². The van der Waals surface area contributed by atoms with E-state index in [9.17, 15) is 20.0 Å². The Morgan fingerprint density at radius 2 is 1.89 bits per heavy atom. The molecule has 28 heavy (non-hydrogen) atoms. The molecule has 10 heteroatoms. The maximum atomic E-state index is 11.5. The molecule has 2 aromatic carbocycles. The molecule has 4 rings (SSSR count). The van der Waals surface area contributed by atoms with Gasteiger partial charge in [0, 0.05) is 17.7 Å². The Kier molecular flexibility index (Phi) is 4.32. The first-order chi connectivity index (χ1) is 13.4. The summed E-state index contributed by atoms with van der Waals surface area (Å²) < 4.78 is 2.37. The molecule has 0 aliphatic carbocycles. The lowest BCUT2D eigenvalue weighted by Crippen LogP contribution is -2.14. The minimum absolute atomic E-state index is 0.0477. The van der Waals surface area contributed by atoms with Gasteiger partial charge in [0.25, 0.3) is 5.69 Å². The second kappa shape index (κ2) is 6.82. The van der Waals surface area contributed by atoms with Crippen molar-refractivity contribution in [2.24, 2.45) is 0 Å². The molecule has 1 unspecified atom stereocenters. The summed E-state index contributed by atoms with van der Waals surface area (Å²) in [5.41, 5.74) is 1.28. The highest BCUT2D eigenvalue weighted by Gasteiger charge is 2.25. The first kappa shape index (κ1) is 17.7. The lowest BCUT2D eigenvalue weighted by atomic mass is 10.1. The van der Waals surface area contributed by atoms with Crippen LogP contribution in [0.25, 0.3) is 26.7 Å². The smallest absolute Gasteiger partial charge is 0.313 e. The lowest BCUT2D eigenvalue weighted by molar-refractivity contribution is -0.384. The van der Waals surface area contributed by atoms with Gasteiger partial charge in [-0.05, 0) is 31.2 Å². The molecule has 0 saturated carbocycles. The molecule has 2 aromatic heterocycles. The second-order valence-electron chi connectivity index (χ2n) is 6.03. The Morgan fingerprint density at radius 3 is 2.54 bits per heavy atom. The number of aliphatic carboxylic acids is 1. The van der Waals surface area contributed by atoms with E-state index in [-0.39, 0.29) is 17.3 Å². The Labute approximate surface area is 162 Å². The maximum Gasteiger partial charge on any atom is 0.313 e. The molecular weight excluding hydrogens is 382 g/mol. The average molecular weight is 395 g/mol. The molecule has 9 nitrogen and oxygen atoms in total. The molecule has 1 atom stereocenters. The number of nitro benzene ring substituents is 1. The SMILES string of the molecule is CC(C(=O)O)c1nc(-c2ccc([N+](=O)[O-])cc2)nn1-c1nc2ccccc2s1. The van der Waals surface area contributed by atoms with Gasteiger partial charge in [0.1, 0.15) is 11.7 Å². The van der Waals surface area contributed by atoms with Crippen molar-refractivity contribution in [2.75, 3.05) is 0 Å². The fourth-order valence-electron chi connectivity index (χ4n) is 2.66. The number of aromatic nitrogens is 4. The van der Waals surface area contributed by atoms with Gasteiger partial charge in [-0.3, -0.25) is 14.9 Å². The van der Waals surface area contributed by atoms with E-state index in [2.05, 4.69) is 15.1 Å². The molecule has 140 valence electrons. The van der Waals surface area contributed by atoms with Crippen LogP contribution in [0.1, 0.15) is 18.7 Å². The maximum absolute atomic E-state index is 11.5. The summed E-state index contributed by atoms with van der Waals surface area (Å²) >= 11 is 1.38. The molecule has 0 saturated heterocycles. The fraction of sp³-hybridized carbons (Fsp3) is 0.111. The monoisotopic (exact) mass is 395 g/mol. The minimum Gasteiger partial charge on any atom is -0.481 e. The van der Waals surface area contributed by atoms with Crippen LogP contribution in [0.2, 0.25) is 0 Å². The molecule has 1 N–H and O–H groups in total. The third-order valence-corrected chi connectivity index (χ3v) is 5.20. The number of hydrogen-bond acceptors (Lipinski definition) is 7. The van der Waals surface area contributed by atoms with E-state index in [1.807, 2.05) is 24.3 Å². The lowest BCUT2D eigenvalue weighted by Gasteiger charge is -2.05. The normalized spacial score (nSPS) is 12.2. The van der Waals surface area contributed by atoms with Crippen molar-refractivity contribution in [3.63, 3.8) is 0 Å². The summed E-state index contributed by atoms with van der Waals surface area (Å²) in [6.45, 7) is 1.52. The quantitative estimate of drug-likeness (QED) is 0.404. The number of fused-ring (bicyclic) bond motifs is 1. The zero-order valence-corrected chi connectivity index (χ0v) is 15.3. The second-order valence-corrected chi connectivity index (χ2v) is 7.04. The van der Waals surface area contributed by atoms with Gasteiger partial charge in [-0.1, -0.05) is 23.5 Å². The molecule has 0 spiro atoms. The van der Waals surface area contributed by atoms with Gasteiger partial charge < -0.3 is 5.11 Å². The van der Waals surface area contributed by atoms with Crippen LogP contribution in [-0.2, 0) is 4.79 Å². The Balaban J connectivity index is 1.84. The van der Waals surface area contributed by atoms with E-state index in [1.165, 1.54) is 47.2 Å². The average Bonchev–Trinajstić information content (AvgIpc) is 3.31. The number of nitro groups is 1. The van der Waals surface area contributed by atoms with E-state index in [0.717, 1.165) is 10.2 Å². The first-order valence-electron chi connectivity index (χ1n) is 8.24. The largest absolute Gasteiger partial charge is 0.481 e. The summed E-state index contributed by atoms with van der Waals surface area (Å²) in [4.78, 5) is 30.8. The highest BCUT2D eigenvalue weighted by atomic mass is 32.1. The topological polar surface area (TPSA) is 124 Å². The summed E-state index contributed by atoms with van der Waals surface area (Å²) in [6, 6.07) is 13.3. The third kappa shape index (κ3) is 3.09. The predicted molar refractivity (Wildman–Crippen MR) is 103 cm³/mol. The summed E-state index contributed by atoms with van der Waals surface area (Å²) in [5.74, 6) is -1.44. The third-order valence-electron chi connectivity index (χ3n) is 4.19. The number of carbonyl (C=O) groups is 1. The number of carboxylic acid groups (broad SMARTS) is 1. The van der Waals surface area contributed by atoms with Crippen LogP contribution in [0.3, 0.4) is 0 Å². The van der Waals surface area contributed by atoms with Gasteiger partial charge in [-0.25, -0.2) is 9.97 Å². The van der Waals surface area contributed by atoms with E-state index < -0.39 is 16.8 Å². The number of rotatable bonds is 5. The van der Waals surface area contributed by atoms with Gasteiger partial charge in [0.05, 0.1) is 15.1 Å². The van der Waals surface area contributed by atoms with Crippen LogP contribution < -0.4 is 0 Å². The van der Waals surface area contributed by atoms with E-state index in [4.69, 9.17) is 0 Å². The summed E-state index contributed by atoms with van der Waals surface area (Å²) in [6.07, 6.45) is 0. The molecule has 0 bridgehead atoms. The number of para-hydroxylation sites is 1. The van der Waals surface area contributed by atoms with Gasteiger partial charge in [-0.2, -0.15) is 4.68 Å². The number of carboxylic acids is 1. The van der Waals surface area contributed by atoms with E-state index in [1.54, 1.807) is 0 Å². The van der Waals surface area contributed by atoms with Gasteiger partial charge >= 0.3 is 5.97 Å². The fourth-order valence-corrected chi connectivity index (χ4v) is 3.59. The molecule has 0 radical (unpaired) electrons. The van der Waals surface area contributed by atoms with Crippen LogP contribution in [0.4, 0.5) is 5.69 Å². The Bertz CT molecular complexity index is 1170. The molecule has 0 aliphatic rings. The van der Waals surface area contributed by atoms with Crippen LogP contribution in [-0.4, -0.2) is 35.7 Å². The molecule has 2 heterocycles. The van der Waals surface area contributed by atoms with E-state index >= 15 is 0 Å². The molecule has 0 fully saturated rings. The molecule has 0 aliphatic heterocycles. The number of benzene rings is 2. The number of thiazole rings is 1. The molecule has 4 aromatic rings. The van der Waals surface area contributed by atoms with Crippen molar-refractivity contribution >= 4 is 33.2 Å². The number of hydrogen-bond donors (Lipinski definition) is 1. The van der Waals surface area contributed by atoms with Crippen molar-refractivity contribution in [3.05, 3.63) is 64.5 Å². The van der Waals surface area contributed by atoms with Crippen LogP contribution in [0, 0.1) is 10.1 Å². The van der Waals surface area contributed by atoms with Gasteiger partial charge in [-0.15, -0.1) is 5.10 Å². The number of non-ortho nitro benzene ring substituents is 1. The van der Waals surface area contributed by atoms with E-state index in [0.29, 0.717) is 10.7 Å². The van der Waals surface area contributed by atoms with Crippen molar-refractivity contribution in [1.29, 1.82) is 0 Å². The van der Waals surface area contributed by atoms with Crippen LogP contribution in [0.5, 0.6) is 0 Å². The van der Waals surface area contributed by atoms with Gasteiger partial charge in [0.2, 0.25) is 5.13 Å². The highest BCUT2D eigenvalue weighted by Crippen LogP contribution is 2.29. The van der Waals surface area contributed by atoms with Crippen molar-refractivity contribution in [2.45, 2.75) is 12.8 Å². The molecular formula is C18H13N5O4S. The summed E-state index contributed by atoms with van der Waals surface area (Å²) in [7, 11) is 0. The Hall–Kier alpha value is -3.66. The minimum atomic E-state index is -1.04. The van der Waals surface area contributed by atoms with Crippen LogP contribution in [0.15, 0.2) is 48.5 Å². The van der Waals surface area contributed by atoms with Crippen molar-refractivity contribution in [1.82, 2.24) is 19.7 Å². The Morgan fingerprint density at radius 1 is 1.18 bits per heavy atom. The summed E-state index contributed by atoms with van der Waals surface area (Å²) in [5, 5.41) is 25.2. The first-order valence-corrected chi connectivity index (χ1v) is 9.06. The highest BCUT2D eigenvalue weighted by molar-refractivity contribution is 7.20. The zero-order valence-electron chi connectivity index (χ0n) is 14.5. The number of nitrogens with zero attached hydrogens (tertiary/aromatic N) is 5. The molecule has 0 amide bonds. The van der Waals surface area contributed by atoms with Crippen LogP contribution >= 0.6 is 11.3 Å². The van der Waals surface area contributed by atoms with Crippen molar-refractivity contribution in [3.8, 4) is 16.5 Å². The standard InChI is InChI=1S/C18H13N5O4S/c1-10(17(24)25)16-20-15(11-6-8-12(9-7-11)23(26)27)21-22(16)18-19-13-4-2-3-5-14(13)28-18/h2-10H,1H3,(H,24,25). The predicted octanol–water partition coefficient (Wildman–Crippen LogP) is 3.64.